The fourth-order valence-electron chi connectivity index (χ4n) is 2.35. The van der Waals surface area contributed by atoms with Gasteiger partial charge >= 0.3 is 0 Å². The van der Waals surface area contributed by atoms with Gasteiger partial charge in [0.2, 0.25) is 18.0 Å². The molecule has 3 nitrogen and oxygen atoms in total. The molecule has 116 valence electrons. The molecule has 0 aliphatic rings. The molecule has 0 saturated heterocycles. The van der Waals surface area contributed by atoms with Crippen molar-refractivity contribution in [1.82, 2.24) is 4.98 Å². The van der Waals surface area contributed by atoms with E-state index in [0.29, 0.717) is 6.54 Å². The average Bonchev–Trinajstić information content (AvgIpc) is 2.57. The lowest BCUT2D eigenvalue weighted by molar-refractivity contribution is -0.672. The van der Waals surface area contributed by atoms with Crippen molar-refractivity contribution in [3.05, 3.63) is 84.2 Å². The van der Waals surface area contributed by atoms with E-state index in [0.717, 1.165) is 22.5 Å². The molecule has 2 heterocycles. The van der Waals surface area contributed by atoms with Crippen LogP contribution in [0.2, 0.25) is 0 Å². The molecule has 0 atom stereocenters. The lowest BCUT2D eigenvalue weighted by atomic mass is 10.1. The lowest BCUT2D eigenvalue weighted by Gasteiger charge is -2.03. The number of nitrogens with zero attached hydrogens (tertiary/aromatic N) is 2. The topological polar surface area (TPSA) is 33.8 Å². The van der Waals surface area contributed by atoms with Crippen LogP contribution < -0.4 is 21.5 Å². The van der Waals surface area contributed by atoms with Gasteiger partial charge in [-0.05, 0) is 25.1 Å². The summed E-state index contributed by atoms with van der Waals surface area (Å²) in [7, 11) is 0. The van der Waals surface area contributed by atoms with Gasteiger partial charge in [0.15, 0.2) is 6.20 Å². The summed E-state index contributed by atoms with van der Waals surface area (Å²) in [6.45, 7) is 2.31. The van der Waals surface area contributed by atoms with Gasteiger partial charge in [-0.1, -0.05) is 35.9 Å². The Morgan fingerprint density at radius 2 is 1.74 bits per heavy atom. The molecule has 3 aromatic rings. The van der Waals surface area contributed by atoms with Crippen LogP contribution in [-0.2, 0) is 6.54 Å². The van der Waals surface area contributed by atoms with Gasteiger partial charge in [0.1, 0.15) is 5.69 Å². The van der Waals surface area contributed by atoms with Crippen LogP contribution in [0.25, 0.3) is 11.4 Å². The number of rotatable bonds is 4. The Morgan fingerprint density at radius 1 is 1.00 bits per heavy atom. The van der Waals surface area contributed by atoms with Crippen LogP contribution in [0.1, 0.15) is 15.9 Å². The zero-order chi connectivity index (χ0) is 15.4. The summed E-state index contributed by atoms with van der Waals surface area (Å²) in [6.07, 6.45) is 3.67. The number of aryl methyl sites for hydroxylation is 1. The minimum absolute atomic E-state index is 0. The molecule has 2 aromatic heterocycles. The highest BCUT2D eigenvalue weighted by Gasteiger charge is 2.17. The molecule has 0 fully saturated rings. The lowest BCUT2D eigenvalue weighted by Crippen LogP contribution is -3.00. The van der Waals surface area contributed by atoms with Gasteiger partial charge < -0.3 is 17.0 Å². The summed E-state index contributed by atoms with van der Waals surface area (Å²) in [6, 6.07) is 19.3. The Hall–Kier alpha value is -2.33. The number of hydrogen-bond acceptors (Lipinski definition) is 2. The number of carbonyl (C=O) groups is 1. The predicted octanol–water partition coefficient (Wildman–Crippen LogP) is 0.231. The van der Waals surface area contributed by atoms with Gasteiger partial charge in [-0.2, -0.15) is 4.57 Å². The second-order valence-corrected chi connectivity index (χ2v) is 5.22. The van der Waals surface area contributed by atoms with E-state index in [1.807, 2.05) is 78.4 Å². The molecule has 0 amide bonds. The highest BCUT2D eigenvalue weighted by Crippen LogP contribution is 2.11. The largest absolute Gasteiger partial charge is 1.00 e. The smallest absolute Gasteiger partial charge is 0.231 e. The first-order valence-electron chi connectivity index (χ1n) is 7.24. The molecule has 3 rings (SSSR count). The summed E-state index contributed by atoms with van der Waals surface area (Å²) in [4.78, 5) is 16.8. The number of pyridine rings is 2. The number of hydrogen-bond donors (Lipinski definition) is 0. The summed E-state index contributed by atoms with van der Waals surface area (Å²) in [5.74, 6) is 0.0911. The van der Waals surface area contributed by atoms with Crippen LogP contribution in [0, 0.1) is 6.92 Å². The van der Waals surface area contributed by atoms with E-state index in [4.69, 9.17) is 0 Å². The quantitative estimate of drug-likeness (QED) is 0.488. The molecule has 0 N–H and O–H groups in total. The maximum atomic E-state index is 12.5. The zero-order valence-electron chi connectivity index (χ0n) is 12.8. The standard InChI is InChI=1S/C19H17N2O.BrH/c1-15-8-10-16(11-9-15)19(22)14-21-13-5-3-7-18(21)17-6-2-4-12-20-17;/h2-13H,14H2,1H3;1H/q+1;/p-1. The third kappa shape index (κ3) is 4.11. The van der Waals surface area contributed by atoms with Crippen molar-refractivity contribution in [2.75, 3.05) is 0 Å². The Kier molecular flexibility index (Phi) is 5.77. The van der Waals surface area contributed by atoms with Crippen molar-refractivity contribution in [2.45, 2.75) is 13.5 Å². The zero-order valence-corrected chi connectivity index (χ0v) is 14.4. The Bertz CT molecular complexity index is 786. The molecule has 0 bridgehead atoms. The minimum atomic E-state index is 0. The van der Waals surface area contributed by atoms with Crippen molar-refractivity contribution in [2.24, 2.45) is 0 Å². The van der Waals surface area contributed by atoms with Gasteiger partial charge in [0.05, 0.1) is 0 Å². The predicted molar refractivity (Wildman–Crippen MR) is 85.4 cm³/mol. The van der Waals surface area contributed by atoms with E-state index < -0.39 is 0 Å². The molecule has 0 aliphatic heterocycles. The number of benzene rings is 1. The highest BCUT2D eigenvalue weighted by atomic mass is 79.9. The fraction of sp³-hybridized carbons (Fsp3) is 0.105. The number of ketones is 1. The summed E-state index contributed by atoms with van der Waals surface area (Å²) < 4.78 is 1.94. The van der Waals surface area contributed by atoms with Crippen LogP contribution in [0.4, 0.5) is 0 Å². The van der Waals surface area contributed by atoms with Gasteiger partial charge in [0, 0.05) is 23.9 Å². The number of Topliss-reactive ketones (excluding diaryl/α,β-unsaturated/α-hetero) is 1. The minimum Gasteiger partial charge on any atom is -1.00 e. The van der Waals surface area contributed by atoms with E-state index in [-0.39, 0.29) is 22.8 Å². The molecule has 0 saturated carbocycles. The first-order valence-corrected chi connectivity index (χ1v) is 7.24. The van der Waals surface area contributed by atoms with Gasteiger partial charge in [-0.25, -0.2) is 4.98 Å². The average molecular weight is 369 g/mol. The maximum Gasteiger partial charge on any atom is 0.231 e. The third-order valence-corrected chi connectivity index (χ3v) is 3.56. The Balaban J connectivity index is 0.00000192. The van der Waals surface area contributed by atoms with Crippen molar-refractivity contribution in [1.29, 1.82) is 0 Å². The molecular formula is C19H17BrN2O. The van der Waals surface area contributed by atoms with Gasteiger partial charge in [0.25, 0.3) is 0 Å². The Labute approximate surface area is 146 Å². The number of carbonyl (C=O) groups excluding carboxylic acids is 1. The molecular weight excluding hydrogens is 352 g/mol. The highest BCUT2D eigenvalue weighted by molar-refractivity contribution is 5.95. The number of aromatic nitrogens is 2. The van der Waals surface area contributed by atoms with Crippen LogP contribution in [0.15, 0.2) is 73.1 Å². The molecule has 4 heteroatoms. The van der Waals surface area contributed by atoms with E-state index >= 15 is 0 Å². The van der Waals surface area contributed by atoms with Gasteiger partial charge in [-0.15, -0.1) is 0 Å². The van der Waals surface area contributed by atoms with Crippen LogP contribution in [-0.4, -0.2) is 10.8 Å². The van der Waals surface area contributed by atoms with E-state index in [1.54, 1.807) is 6.20 Å². The fourth-order valence-corrected chi connectivity index (χ4v) is 2.35. The van der Waals surface area contributed by atoms with E-state index in [9.17, 15) is 4.79 Å². The summed E-state index contributed by atoms with van der Waals surface area (Å²) >= 11 is 0. The van der Waals surface area contributed by atoms with Crippen LogP contribution in [0.3, 0.4) is 0 Å². The summed E-state index contributed by atoms with van der Waals surface area (Å²) in [5.41, 5.74) is 3.68. The van der Waals surface area contributed by atoms with Crippen LogP contribution in [0.5, 0.6) is 0 Å². The van der Waals surface area contributed by atoms with Crippen LogP contribution >= 0.6 is 0 Å². The second-order valence-electron chi connectivity index (χ2n) is 5.22. The van der Waals surface area contributed by atoms with Crippen molar-refractivity contribution < 1.29 is 26.3 Å². The second kappa shape index (κ2) is 7.79. The third-order valence-electron chi connectivity index (χ3n) is 3.56. The van der Waals surface area contributed by atoms with Crippen molar-refractivity contribution >= 4 is 5.78 Å². The monoisotopic (exact) mass is 368 g/mol. The Morgan fingerprint density at radius 3 is 2.43 bits per heavy atom. The molecule has 0 spiro atoms. The molecule has 0 radical (unpaired) electrons. The molecule has 1 aromatic carbocycles. The first-order chi connectivity index (χ1) is 10.7. The van der Waals surface area contributed by atoms with Crippen molar-refractivity contribution in [3.63, 3.8) is 0 Å². The molecule has 0 unspecified atom stereocenters. The van der Waals surface area contributed by atoms with E-state index in [1.165, 1.54) is 0 Å². The van der Waals surface area contributed by atoms with Crippen molar-refractivity contribution in [3.8, 4) is 11.4 Å². The first kappa shape index (κ1) is 17.0. The number of halogens is 1. The SMILES string of the molecule is Cc1ccc(C(=O)C[n+]2ccccc2-c2ccccn2)cc1.[Br-]. The normalized spacial score (nSPS) is 9.96. The maximum absolute atomic E-state index is 12.5. The summed E-state index contributed by atoms with van der Waals surface area (Å²) in [5, 5.41) is 0. The molecule has 23 heavy (non-hydrogen) atoms. The van der Waals surface area contributed by atoms with Gasteiger partial charge in [-0.3, -0.25) is 4.79 Å². The van der Waals surface area contributed by atoms with E-state index in [2.05, 4.69) is 4.98 Å². The molecule has 0 aliphatic carbocycles.